The van der Waals surface area contributed by atoms with Crippen LogP contribution in [0.15, 0.2) is 24.8 Å². The van der Waals surface area contributed by atoms with Crippen LogP contribution in [0, 0.1) is 5.82 Å². The first-order valence-corrected chi connectivity index (χ1v) is 4.73. The predicted octanol–water partition coefficient (Wildman–Crippen LogP) is 3.74. The molecule has 1 fully saturated rings. The Balaban J connectivity index is 2.39. The average Bonchev–Trinajstić information content (AvgIpc) is 2.02. The summed E-state index contributed by atoms with van der Waals surface area (Å²) in [6, 6.07) is 4.97. The van der Waals surface area contributed by atoms with Crippen molar-refractivity contribution in [2.75, 3.05) is 0 Å². The van der Waals surface area contributed by atoms with Crippen LogP contribution in [-0.2, 0) is 0 Å². The molecular weight excluding hydrogens is 163 g/mol. The number of rotatable bonds is 2. The highest BCUT2D eigenvalue weighted by Gasteiger charge is 2.21. The Morgan fingerprint density at radius 1 is 1.38 bits per heavy atom. The number of hydrogen-bond donors (Lipinski definition) is 0. The van der Waals surface area contributed by atoms with Crippen LogP contribution in [0.1, 0.15) is 36.3 Å². The van der Waals surface area contributed by atoms with Crippen LogP contribution in [0.25, 0.3) is 6.08 Å². The maximum atomic E-state index is 13.0. The first-order chi connectivity index (χ1) is 6.31. The second-order valence-corrected chi connectivity index (χ2v) is 3.61. The van der Waals surface area contributed by atoms with Crippen LogP contribution in [0.2, 0.25) is 0 Å². The van der Waals surface area contributed by atoms with Gasteiger partial charge in [-0.05, 0) is 42.0 Å². The van der Waals surface area contributed by atoms with Gasteiger partial charge in [-0.25, -0.2) is 4.39 Å². The van der Waals surface area contributed by atoms with E-state index in [0.29, 0.717) is 5.92 Å². The van der Waals surface area contributed by atoms with E-state index in [9.17, 15) is 4.39 Å². The SMILES string of the molecule is C=Cc1ccc(F)cc1C1CCC1. The van der Waals surface area contributed by atoms with E-state index < -0.39 is 0 Å². The lowest BCUT2D eigenvalue weighted by molar-refractivity contribution is 0.417. The molecule has 0 spiro atoms. The molecule has 0 N–H and O–H groups in total. The Kier molecular flexibility index (Phi) is 2.17. The highest BCUT2D eigenvalue weighted by atomic mass is 19.1. The monoisotopic (exact) mass is 176 g/mol. The van der Waals surface area contributed by atoms with Gasteiger partial charge in [0.05, 0.1) is 0 Å². The maximum absolute atomic E-state index is 13.0. The summed E-state index contributed by atoms with van der Waals surface area (Å²) in [7, 11) is 0. The van der Waals surface area contributed by atoms with Crippen molar-refractivity contribution < 1.29 is 4.39 Å². The van der Waals surface area contributed by atoms with Gasteiger partial charge in [-0.2, -0.15) is 0 Å². The molecule has 0 atom stereocenters. The summed E-state index contributed by atoms with van der Waals surface area (Å²) in [5.41, 5.74) is 2.23. The summed E-state index contributed by atoms with van der Waals surface area (Å²) in [5, 5.41) is 0. The molecule has 2 rings (SSSR count). The Bertz CT molecular complexity index is 324. The largest absolute Gasteiger partial charge is 0.207 e. The molecule has 0 aromatic heterocycles. The van der Waals surface area contributed by atoms with Gasteiger partial charge in [0.2, 0.25) is 0 Å². The summed E-state index contributed by atoms with van der Waals surface area (Å²) >= 11 is 0. The molecule has 1 aromatic carbocycles. The van der Waals surface area contributed by atoms with Gasteiger partial charge in [-0.3, -0.25) is 0 Å². The molecule has 1 aliphatic carbocycles. The van der Waals surface area contributed by atoms with Gasteiger partial charge in [0, 0.05) is 0 Å². The smallest absolute Gasteiger partial charge is 0.123 e. The minimum atomic E-state index is -0.132. The number of halogens is 1. The van der Waals surface area contributed by atoms with E-state index in [1.165, 1.54) is 25.3 Å². The van der Waals surface area contributed by atoms with E-state index in [1.807, 2.05) is 12.1 Å². The third-order valence-electron chi connectivity index (χ3n) is 2.81. The second kappa shape index (κ2) is 3.33. The summed E-state index contributed by atoms with van der Waals surface area (Å²) in [5.74, 6) is 0.441. The number of benzene rings is 1. The summed E-state index contributed by atoms with van der Waals surface area (Å²) in [6.45, 7) is 3.74. The molecule has 0 heterocycles. The van der Waals surface area contributed by atoms with Gasteiger partial charge in [0.1, 0.15) is 5.82 Å². The predicted molar refractivity (Wildman–Crippen MR) is 53.1 cm³/mol. The molecule has 0 nitrogen and oxygen atoms in total. The topological polar surface area (TPSA) is 0 Å². The zero-order valence-corrected chi connectivity index (χ0v) is 7.59. The lowest BCUT2D eigenvalue weighted by Crippen LogP contribution is -2.10. The van der Waals surface area contributed by atoms with E-state index in [0.717, 1.165) is 11.1 Å². The van der Waals surface area contributed by atoms with Crippen LogP contribution >= 0.6 is 0 Å². The molecule has 0 radical (unpaired) electrons. The molecule has 0 unspecified atom stereocenters. The normalized spacial score (nSPS) is 16.7. The maximum Gasteiger partial charge on any atom is 0.123 e. The lowest BCUT2D eigenvalue weighted by atomic mass is 9.78. The van der Waals surface area contributed by atoms with Crippen molar-refractivity contribution >= 4 is 6.08 Å². The van der Waals surface area contributed by atoms with Crippen molar-refractivity contribution in [3.63, 3.8) is 0 Å². The van der Waals surface area contributed by atoms with Crippen molar-refractivity contribution in [3.05, 3.63) is 41.7 Å². The number of hydrogen-bond acceptors (Lipinski definition) is 0. The molecule has 13 heavy (non-hydrogen) atoms. The molecule has 1 aliphatic rings. The third-order valence-corrected chi connectivity index (χ3v) is 2.81. The Labute approximate surface area is 78.1 Å². The highest BCUT2D eigenvalue weighted by Crippen LogP contribution is 2.38. The Morgan fingerprint density at radius 3 is 2.69 bits per heavy atom. The molecule has 0 bridgehead atoms. The van der Waals surface area contributed by atoms with Crippen molar-refractivity contribution in [3.8, 4) is 0 Å². The summed E-state index contributed by atoms with van der Waals surface area (Å²) in [6.07, 6.45) is 5.49. The molecule has 0 aliphatic heterocycles. The fraction of sp³-hybridized carbons (Fsp3) is 0.333. The van der Waals surface area contributed by atoms with Gasteiger partial charge >= 0.3 is 0 Å². The Morgan fingerprint density at radius 2 is 2.15 bits per heavy atom. The van der Waals surface area contributed by atoms with Crippen LogP contribution in [-0.4, -0.2) is 0 Å². The molecule has 0 amide bonds. The van der Waals surface area contributed by atoms with E-state index in [4.69, 9.17) is 0 Å². The van der Waals surface area contributed by atoms with Crippen molar-refractivity contribution in [1.82, 2.24) is 0 Å². The molecular formula is C12H13F. The van der Waals surface area contributed by atoms with E-state index in [2.05, 4.69) is 6.58 Å². The second-order valence-electron chi connectivity index (χ2n) is 3.61. The molecule has 68 valence electrons. The van der Waals surface area contributed by atoms with Crippen LogP contribution in [0.4, 0.5) is 4.39 Å². The summed E-state index contributed by atoms with van der Waals surface area (Å²) in [4.78, 5) is 0. The van der Waals surface area contributed by atoms with E-state index in [-0.39, 0.29) is 5.82 Å². The zero-order valence-electron chi connectivity index (χ0n) is 7.59. The lowest BCUT2D eigenvalue weighted by Gasteiger charge is -2.27. The standard InChI is InChI=1S/C12H13F/c1-2-9-6-7-11(13)8-12(9)10-4-3-5-10/h2,6-8,10H,1,3-5H2. The van der Waals surface area contributed by atoms with E-state index in [1.54, 1.807) is 6.07 Å². The first-order valence-electron chi connectivity index (χ1n) is 4.73. The zero-order chi connectivity index (χ0) is 9.26. The quantitative estimate of drug-likeness (QED) is 0.644. The minimum Gasteiger partial charge on any atom is -0.207 e. The first kappa shape index (κ1) is 8.49. The highest BCUT2D eigenvalue weighted by molar-refractivity contribution is 5.53. The van der Waals surface area contributed by atoms with Gasteiger partial charge in [-0.15, -0.1) is 0 Å². The van der Waals surface area contributed by atoms with Crippen LogP contribution in [0.3, 0.4) is 0 Å². The molecule has 1 aromatic rings. The molecule has 1 heteroatoms. The van der Waals surface area contributed by atoms with Crippen molar-refractivity contribution in [2.24, 2.45) is 0 Å². The van der Waals surface area contributed by atoms with Gasteiger partial charge in [0.25, 0.3) is 0 Å². The average molecular weight is 176 g/mol. The summed E-state index contributed by atoms with van der Waals surface area (Å²) < 4.78 is 13.0. The van der Waals surface area contributed by atoms with Gasteiger partial charge < -0.3 is 0 Å². The molecule has 0 saturated heterocycles. The van der Waals surface area contributed by atoms with Gasteiger partial charge in [-0.1, -0.05) is 25.1 Å². The Hall–Kier alpha value is -1.11. The third kappa shape index (κ3) is 1.51. The van der Waals surface area contributed by atoms with Crippen LogP contribution in [0.5, 0.6) is 0 Å². The van der Waals surface area contributed by atoms with Crippen LogP contribution < -0.4 is 0 Å². The fourth-order valence-corrected chi connectivity index (χ4v) is 1.80. The fourth-order valence-electron chi connectivity index (χ4n) is 1.80. The van der Waals surface area contributed by atoms with Gasteiger partial charge in [0.15, 0.2) is 0 Å². The minimum absolute atomic E-state index is 0.132. The van der Waals surface area contributed by atoms with Crippen molar-refractivity contribution in [1.29, 1.82) is 0 Å². The van der Waals surface area contributed by atoms with Crippen molar-refractivity contribution in [2.45, 2.75) is 25.2 Å². The van der Waals surface area contributed by atoms with E-state index >= 15 is 0 Å². The molecule has 1 saturated carbocycles.